The summed E-state index contributed by atoms with van der Waals surface area (Å²) in [6.07, 6.45) is 3.55. The molecule has 0 unspecified atom stereocenters. The molecule has 3 nitrogen and oxygen atoms in total. The highest BCUT2D eigenvalue weighted by Gasteiger charge is 2.29. The van der Waals surface area contributed by atoms with E-state index >= 15 is 0 Å². The molecule has 1 aromatic rings. The van der Waals surface area contributed by atoms with Gasteiger partial charge in [0.05, 0.1) is 5.69 Å². The molecular weight excluding hydrogens is 241 g/mol. The smallest absolute Gasteiger partial charge is 0.143 e. The average Bonchev–Trinajstić information content (AvgIpc) is 2.76. The number of nitrogens with zero attached hydrogens (tertiary/aromatic N) is 3. The van der Waals surface area contributed by atoms with Crippen LogP contribution in [0.3, 0.4) is 0 Å². The first-order valence-electron chi connectivity index (χ1n) is 6.97. The Hall–Kier alpha value is -1.60. The topological polar surface area (TPSA) is 30.3 Å². The van der Waals surface area contributed by atoms with Crippen LogP contribution >= 0.6 is 0 Å². The number of nitriles is 1. The summed E-state index contributed by atoms with van der Waals surface area (Å²) in [6.45, 7) is 4.13. The van der Waals surface area contributed by atoms with Gasteiger partial charge in [0.2, 0.25) is 0 Å². The fraction of sp³-hybridized carbons (Fsp3) is 0.533. The minimum atomic E-state index is -0.410. The Bertz CT molecular complexity index is 509. The summed E-state index contributed by atoms with van der Waals surface area (Å²) in [5.74, 6) is -0.410. The van der Waals surface area contributed by atoms with Crippen molar-refractivity contribution < 1.29 is 4.39 Å². The molecule has 0 saturated carbocycles. The van der Waals surface area contributed by atoms with Crippen molar-refractivity contribution in [3.63, 3.8) is 0 Å². The van der Waals surface area contributed by atoms with Crippen LogP contribution in [0.5, 0.6) is 0 Å². The van der Waals surface area contributed by atoms with Gasteiger partial charge in [0, 0.05) is 25.7 Å². The van der Waals surface area contributed by atoms with Crippen LogP contribution in [0.4, 0.5) is 10.1 Å². The second-order valence-corrected chi connectivity index (χ2v) is 5.38. The van der Waals surface area contributed by atoms with Crippen molar-refractivity contribution >= 4 is 5.69 Å². The van der Waals surface area contributed by atoms with Gasteiger partial charge in [-0.25, -0.2) is 4.39 Å². The molecule has 0 aromatic heterocycles. The quantitative estimate of drug-likeness (QED) is 0.775. The Morgan fingerprint density at radius 3 is 2.89 bits per heavy atom. The molecule has 2 aliphatic rings. The lowest BCUT2D eigenvalue weighted by atomic mass is 10.1. The van der Waals surface area contributed by atoms with Crippen molar-refractivity contribution in [2.75, 3.05) is 31.1 Å². The van der Waals surface area contributed by atoms with Gasteiger partial charge in [-0.3, -0.25) is 4.90 Å². The lowest BCUT2D eigenvalue weighted by Crippen LogP contribution is -2.37. The summed E-state index contributed by atoms with van der Waals surface area (Å²) in [6, 6.07) is 7.51. The van der Waals surface area contributed by atoms with E-state index in [4.69, 9.17) is 5.26 Å². The molecule has 3 rings (SSSR count). The lowest BCUT2D eigenvalue weighted by molar-refractivity contribution is 0.273. The summed E-state index contributed by atoms with van der Waals surface area (Å²) in [5.41, 5.74) is 0.949. The minimum Gasteiger partial charge on any atom is -0.369 e. The molecule has 0 N–H and O–H groups in total. The molecule has 2 heterocycles. The maximum atomic E-state index is 13.7. The molecular formula is C15H18FN3. The summed E-state index contributed by atoms with van der Waals surface area (Å²) in [5, 5.41) is 9.16. The van der Waals surface area contributed by atoms with Gasteiger partial charge < -0.3 is 4.90 Å². The third-order valence-corrected chi connectivity index (χ3v) is 4.25. The van der Waals surface area contributed by atoms with Crippen LogP contribution in [-0.2, 0) is 0 Å². The number of hydrogen-bond donors (Lipinski definition) is 0. The van der Waals surface area contributed by atoms with E-state index in [2.05, 4.69) is 9.80 Å². The summed E-state index contributed by atoms with van der Waals surface area (Å²) in [4.78, 5) is 4.73. The molecule has 0 aliphatic carbocycles. The number of rotatable bonds is 1. The van der Waals surface area contributed by atoms with Crippen molar-refractivity contribution in [2.45, 2.75) is 25.3 Å². The third-order valence-electron chi connectivity index (χ3n) is 4.25. The predicted octanol–water partition coefficient (Wildman–Crippen LogP) is 2.37. The lowest BCUT2D eigenvalue weighted by Gasteiger charge is -2.28. The normalized spacial score (nSPS) is 23.8. The van der Waals surface area contributed by atoms with Crippen LogP contribution in [0, 0.1) is 17.1 Å². The van der Waals surface area contributed by atoms with Crippen LogP contribution in [0.1, 0.15) is 24.8 Å². The Labute approximate surface area is 113 Å². The highest BCUT2D eigenvalue weighted by atomic mass is 19.1. The van der Waals surface area contributed by atoms with Gasteiger partial charge in [-0.1, -0.05) is 6.07 Å². The first-order chi connectivity index (χ1) is 9.29. The SMILES string of the molecule is N#Cc1c(F)cccc1N1CCCN2CCC[C@H]2C1. The molecule has 0 bridgehead atoms. The maximum absolute atomic E-state index is 13.7. The van der Waals surface area contributed by atoms with Gasteiger partial charge in [0.15, 0.2) is 0 Å². The number of hydrogen-bond acceptors (Lipinski definition) is 3. The van der Waals surface area contributed by atoms with Crippen LogP contribution in [-0.4, -0.2) is 37.1 Å². The number of halogens is 1. The molecule has 2 aliphatic heterocycles. The summed E-state index contributed by atoms with van der Waals surface area (Å²) >= 11 is 0. The second kappa shape index (κ2) is 5.18. The number of benzene rings is 1. The Morgan fingerprint density at radius 1 is 1.21 bits per heavy atom. The van der Waals surface area contributed by atoms with E-state index in [1.165, 1.54) is 25.5 Å². The zero-order valence-electron chi connectivity index (χ0n) is 11.0. The van der Waals surface area contributed by atoms with E-state index < -0.39 is 5.82 Å². The zero-order chi connectivity index (χ0) is 13.2. The minimum absolute atomic E-state index is 0.189. The van der Waals surface area contributed by atoms with Gasteiger partial charge in [-0.2, -0.15) is 5.26 Å². The van der Waals surface area contributed by atoms with Gasteiger partial charge in [-0.05, 0) is 37.9 Å². The highest BCUT2D eigenvalue weighted by Crippen LogP contribution is 2.28. The van der Waals surface area contributed by atoms with Crippen molar-refractivity contribution in [2.24, 2.45) is 0 Å². The van der Waals surface area contributed by atoms with Crippen molar-refractivity contribution in [1.29, 1.82) is 5.26 Å². The van der Waals surface area contributed by atoms with Crippen LogP contribution < -0.4 is 4.90 Å². The molecule has 19 heavy (non-hydrogen) atoms. The Morgan fingerprint density at radius 2 is 2.05 bits per heavy atom. The number of anilines is 1. The van der Waals surface area contributed by atoms with E-state index in [0.29, 0.717) is 6.04 Å². The molecule has 0 amide bonds. The average molecular weight is 259 g/mol. The predicted molar refractivity (Wildman–Crippen MR) is 72.5 cm³/mol. The van der Waals surface area contributed by atoms with Crippen LogP contribution in [0.15, 0.2) is 18.2 Å². The monoisotopic (exact) mass is 259 g/mol. The molecule has 4 heteroatoms. The maximum Gasteiger partial charge on any atom is 0.143 e. The molecule has 0 spiro atoms. The van der Waals surface area contributed by atoms with Crippen molar-refractivity contribution in [3.8, 4) is 6.07 Å². The Kier molecular flexibility index (Phi) is 3.39. The summed E-state index contributed by atoms with van der Waals surface area (Å²) < 4.78 is 13.7. The van der Waals surface area contributed by atoms with Gasteiger partial charge in [-0.15, -0.1) is 0 Å². The third kappa shape index (κ3) is 2.31. The van der Waals surface area contributed by atoms with Crippen LogP contribution in [0.2, 0.25) is 0 Å². The first-order valence-corrected chi connectivity index (χ1v) is 6.97. The largest absolute Gasteiger partial charge is 0.369 e. The molecule has 2 saturated heterocycles. The van der Waals surface area contributed by atoms with E-state index in [9.17, 15) is 4.39 Å². The van der Waals surface area contributed by atoms with Crippen molar-refractivity contribution in [3.05, 3.63) is 29.6 Å². The van der Waals surface area contributed by atoms with Crippen LogP contribution in [0.25, 0.3) is 0 Å². The molecule has 0 radical (unpaired) electrons. The fourth-order valence-electron chi connectivity index (χ4n) is 3.31. The zero-order valence-corrected chi connectivity index (χ0v) is 11.0. The van der Waals surface area contributed by atoms with E-state index in [-0.39, 0.29) is 5.56 Å². The number of fused-ring (bicyclic) bond motifs is 1. The Balaban J connectivity index is 1.89. The second-order valence-electron chi connectivity index (χ2n) is 5.38. The highest BCUT2D eigenvalue weighted by molar-refractivity contribution is 5.60. The van der Waals surface area contributed by atoms with Gasteiger partial charge in [0.1, 0.15) is 17.4 Å². The van der Waals surface area contributed by atoms with Crippen molar-refractivity contribution in [1.82, 2.24) is 4.90 Å². The molecule has 2 fully saturated rings. The first kappa shape index (κ1) is 12.4. The molecule has 1 atom stereocenters. The standard InChI is InChI=1S/C15H18FN3/c16-14-5-1-6-15(13(14)10-17)19-9-3-8-18-7-2-4-12(18)11-19/h1,5-6,12H,2-4,7-9,11H2/t12-/m0/s1. The van der Waals surface area contributed by atoms with Gasteiger partial charge >= 0.3 is 0 Å². The van der Waals surface area contributed by atoms with E-state index in [1.54, 1.807) is 6.07 Å². The molecule has 100 valence electrons. The summed E-state index contributed by atoms with van der Waals surface area (Å²) in [7, 11) is 0. The molecule has 1 aromatic carbocycles. The van der Waals surface area contributed by atoms with E-state index in [1.807, 2.05) is 12.1 Å². The van der Waals surface area contributed by atoms with E-state index in [0.717, 1.165) is 31.7 Å². The van der Waals surface area contributed by atoms with Gasteiger partial charge in [0.25, 0.3) is 0 Å². The fourth-order valence-corrected chi connectivity index (χ4v) is 3.31.